The zero-order valence-corrected chi connectivity index (χ0v) is 34.8. The van der Waals surface area contributed by atoms with Crippen molar-refractivity contribution in [2.45, 2.75) is 152 Å². The van der Waals surface area contributed by atoms with Crippen LogP contribution in [0.4, 0.5) is 0 Å². The number of esters is 2. The molecule has 320 valence electrons. The minimum absolute atomic E-state index is 0.00789. The number of aliphatic hydroxyl groups excluding tert-OH is 2. The SMILES string of the molecule is CC1(C)O[C@H]2CC(=O)OC[C@@]23[C@@H]1C(=O)[C@@H](O)[C@]1(C2CCCCC2)[C@@H]3CC[C@@]2(C)[C@H](c3ccoc3C[C@@H]3[C@H]4C[C@H]5C=CN6CNC[C@H]6[C@@H]5C[C@@H]4CC[C@H]3O)OC(=O)[C@H]3O[C@@]312. The number of ketones is 1. The maximum atomic E-state index is 15.3. The lowest BCUT2D eigenvalue weighted by Crippen LogP contribution is -2.79. The minimum Gasteiger partial charge on any atom is -0.469 e. The number of carbonyl (C=O) groups excluding carboxylic acids is 3. The van der Waals surface area contributed by atoms with Gasteiger partial charge in [-0.3, -0.25) is 14.9 Å². The van der Waals surface area contributed by atoms with Crippen molar-refractivity contribution in [2.75, 3.05) is 19.8 Å². The van der Waals surface area contributed by atoms with Crippen LogP contribution in [0.2, 0.25) is 0 Å². The van der Waals surface area contributed by atoms with Gasteiger partial charge in [0.2, 0.25) is 0 Å². The average molecular weight is 815 g/mol. The molecule has 0 unspecified atom stereocenters. The lowest BCUT2D eigenvalue weighted by molar-refractivity contribution is -0.275. The molecular formula is C47H62N2O10. The van der Waals surface area contributed by atoms with Crippen LogP contribution in [0.15, 0.2) is 29.0 Å². The summed E-state index contributed by atoms with van der Waals surface area (Å²) < 4.78 is 32.7. The number of cyclic esters (lactones) is 2. The van der Waals surface area contributed by atoms with Gasteiger partial charge in [-0.15, -0.1) is 0 Å². The third-order valence-corrected chi connectivity index (χ3v) is 19.4. The fourth-order valence-electron chi connectivity index (χ4n) is 17.4. The molecule has 0 bridgehead atoms. The van der Waals surface area contributed by atoms with Crippen molar-refractivity contribution >= 4 is 17.7 Å². The summed E-state index contributed by atoms with van der Waals surface area (Å²) in [6, 6.07) is 2.49. The van der Waals surface area contributed by atoms with Gasteiger partial charge in [0.25, 0.3) is 0 Å². The first-order valence-electron chi connectivity index (χ1n) is 23.2. The molecule has 12 rings (SSSR count). The Morgan fingerprint density at radius 1 is 0.949 bits per heavy atom. The molecule has 11 aliphatic rings. The van der Waals surface area contributed by atoms with Crippen molar-refractivity contribution < 1.29 is 48.0 Å². The zero-order chi connectivity index (χ0) is 40.4. The number of nitrogens with one attached hydrogen (secondary N) is 1. The number of epoxide rings is 1. The van der Waals surface area contributed by atoms with E-state index in [9.17, 15) is 19.8 Å². The van der Waals surface area contributed by atoms with Gasteiger partial charge >= 0.3 is 11.9 Å². The van der Waals surface area contributed by atoms with E-state index in [1.54, 1.807) is 6.26 Å². The Kier molecular flexibility index (Phi) is 8.15. The summed E-state index contributed by atoms with van der Waals surface area (Å²) >= 11 is 0. The second-order valence-electron chi connectivity index (χ2n) is 21.8. The molecule has 0 amide bonds. The molecule has 59 heavy (non-hydrogen) atoms. The van der Waals surface area contributed by atoms with Crippen LogP contribution in [0.1, 0.15) is 115 Å². The predicted molar refractivity (Wildman–Crippen MR) is 210 cm³/mol. The molecule has 10 fully saturated rings. The summed E-state index contributed by atoms with van der Waals surface area (Å²) in [4.78, 5) is 45.2. The summed E-state index contributed by atoms with van der Waals surface area (Å²) in [5, 5.41) is 28.4. The molecule has 5 saturated heterocycles. The Morgan fingerprint density at radius 2 is 1.78 bits per heavy atom. The number of nitrogens with zero attached hydrogens (tertiary/aromatic N) is 1. The fraction of sp³-hybridized carbons (Fsp3) is 0.809. The van der Waals surface area contributed by atoms with E-state index < -0.39 is 69.9 Å². The van der Waals surface area contributed by atoms with E-state index in [1.165, 1.54) is 6.42 Å². The van der Waals surface area contributed by atoms with Crippen molar-refractivity contribution in [1.82, 2.24) is 10.2 Å². The van der Waals surface area contributed by atoms with Gasteiger partial charge in [0.15, 0.2) is 11.9 Å². The molecule has 3 N–H and O–H groups in total. The summed E-state index contributed by atoms with van der Waals surface area (Å²) in [6.07, 6.45) is 12.9. The quantitative estimate of drug-likeness (QED) is 0.276. The number of aliphatic hydroxyl groups is 2. The van der Waals surface area contributed by atoms with Gasteiger partial charge < -0.3 is 38.5 Å². The van der Waals surface area contributed by atoms with Gasteiger partial charge in [0, 0.05) is 40.8 Å². The molecule has 0 aromatic carbocycles. The standard InChI is InChI=1S/C47H62N2O10/c1-43(2)38-37(52)39(53)46(26-7-5-4-6-8-26)34(45(38)22-56-36(51)20-35(45)58-43)11-14-44(3)40(57-42(54)41-47(44,46)59-41)27-13-16-55-33(27)19-30-28-17-25-12-15-49-23-48-21-31(49)29(25)18-24(28)9-10-32(30)50/h12-13,15-16,24-26,28-32,34-35,38-41,48,50,53H,4-11,14,17-23H2,1-3H3/t24-,25+,28-,29+,30+,31-,32+,34+,35-,38+,39+,40-,41+,44-,45-,46-,47+/m0/s1. The maximum absolute atomic E-state index is 15.3. The first kappa shape index (κ1) is 37.9. The van der Waals surface area contributed by atoms with Crippen molar-refractivity contribution in [2.24, 2.45) is 63.6 Å². The molecule has 2 spiro atoms. The Hall–Kier alpha value is -2.77. The van der Waals surface area contributed by atoms with E-state index in [4.69, 9.17) is 23.4 Å². The Bertz CT molecular complexity index is 1970. The third kappa shape index (κ3) is 4.66. The van der Waals surface area contributed by atoms with Crippen molar-refractivity contribution in [3.05, 3.63) is 35.9 Å². The molecule has 1 aromatic rings. The number of rotatable bonds is 4. The smallest absolute Gasteiger partial charge is 0.339 e. The van der Waals surface area contributed by atoms with Crippen molar-refractivity contribution in [3.63, 3.8) is 0 Å². The highest BCUT2D eigenvalue weighted by atomic mass is 16.7. The van der Waals surface area contributed by atoms with E-state index in [0.29, 0.717) is 49.0 Å². The van der Waals surface area contributed by atoms with Crippen LogP contribution in [0.3, 0.4) is 0 Å². The summed E-state index contributed by atoms with van der Waals surface area (Å²) in [6.45, 7) is 8.00. The molecule has 17 atom stereocenters. The van der Waals surface area contributed by atoms with E-state index in [0.717, 1.165) is 75.9 Å². The monoisotopic (exact) mass is 814 g/mol. The van der Waals surface area contributed by atoms with Gasteiger partial charge in [-0.1, -0.05) is 32.3 Å². The number of carbonyl (C=O) groups is 3. The topological polar surface area (TPSA) is 160 Å². The number of fused-ring (bicyclic) bond motifs is 5. The number of hydrogen-bond donors (Lipinski definition) is 3. The number of furan rings is 1. The van der Waals surface area contributed by atoms with Gasteiger partial charge in [-0.05, 0) is 119 Å². The van der Waals surface area contributed by atoms with E-state index in [-0.39, 0.29) is 42.5 Å². The van der Waals surface area contributed by atoms with Gasteiger partial charge in [-0.2, -0.15) is 0 Å². The highest BCUT2D eigenvalue weighted by Crippen LogP contribution is 2.82. The second-order valence-corrected chi connectivity index (χ2v) is 21.8. The molecule has 1 aromatic heterocycles. The van der Waals surface area contributed by atoms with Gasteiger partial charge in [0.05, 0.1) is 43.1 Å². The largest absolute Gasteiger partial charge is 0.469 e. The lowest BCUT2D eigenvalue weighted by atomic mass is 9.33. The normalized spacial score (nSPS) is 51.8. The molecule has 12 nitrogen and oxygen atoms in total. The predicted octanol–water partition coefficient (Wildman–Crippen LogP) is 5.00. The molecule has 6 aliphatic heterocycles. The van der Waals surface area contributed by atoms with Crippen molar-refractivity contribution in [1.29, 1.82) is 0 Å². The molecule has 5 saturated carbocycles. The highest BCUT2D eigenvalue weighted by Gasteiger charge is 2.92. The van der Waals surface area contributed by atoms with Gasteiger partial charge in [0.1, 0.15) is 30.2 Å². The highest BCUT2D eigenvalue weighted by molar-refractivity contribution is 5.92. The first-order chi connectivity index (χ1) is 28.4. The van der Waals surface area contributed by atoms with E-state index in [1.807, 2.05) is 19.9 Å². The molecule has 5 aliphatic carbocycles. The van der Waals surface area contributed by atoms with Crippen LogP contribution < -0.4 is 5.32 Å². The number of Topliss-reactive ketones (excluding diaryl/α,β-unsaturated/α-hetero) is 1. The van der Waals surface area contributed by atoms with Crippen LogP contribution >= 0.6 is 0 Å². The average Bonchev–Trinajstić information content (AvgIpc) is 3.46. The van der Waals surface area contributed by atoms with Crippen LogP contribution in [0.5, 0.6) is 0 Å². The number of allylic oxidation sites excluding steroid dienone is 1. The summed E-state index contributed by atoms with van der Waals surface area (Å²) in [7, 11) is 0. The molecule has 7 heterocycles. The summed E-state index contributed by atoms with van der Waals surface area (Å²) in [5.74, 6) is 0.627. The number of hydrogen-bond acceptors (Lipinski definition) is 12. The van der Waals surface area contributed by atoms with Crippen molar-refractivity contribution in [3.8, 4) is 0 Å². The zero-order valence-electron chi connectivity index (χ0n) is 34.8. The Labute approximate surface area is 346 Å². The minimum atomic E-state index is -1.39. The van der Waals surface area contributed by atoms with Crippen LogP contribution in [-0.2, 0) is 39.8 Å². The first-order valence-corrected chi connectivity index (χ1v) is 23.2. The molecular weight excluding hydrogens is 753 g/mol. The van der Waals surface area contributed by atoms with E-state index >= 15 is 4.79 Å². The Morgan fingerprint density at radius 3 is 2.61 bits per heavy atom. The number of ether oxygens (including phenoxy) is 4. The van der Waals surface area contributed by atoms with E-state index in [2.05, 4.69) is 29.4 Å². The third-order valence-electron chi connectivity index (χ3n) is 19.4. The summed E-state index contributed by atoms with van der Waals surface area (Å²) in [5.41, 5.74) is -4.12. The van der Waals surface area contributed by atoms with Crippen LogP contribution in [0.25, 0.3) is 0 Å². The van der Waals surface area contributed by atoms with Crippen LogP contribution in [-0.4, -0.2) is 94.3 Å². The second kappa shape index (κ2) is 12.7. The molecule has 12 heteroatoms. The fourth-order valence-corrected chi connectivity index (χ4v) is 17.4. The van der Waals surface area contributed by atoms with Gasteiger partial charge in [-0.25, -0.2) is 4.79 Å². The molecule has 0 radical (unpaired) electrons. The Balaban J connectivity index is 0.935. The van der Waals surface area contributed by atoms with Crippen LogP contribution in [0, 0.1) is 63.6 Å². The maximum Gasteiger partial charge on any atom is 0.339 e. The lowest BCUT2D eigenvalue weighted by Gasteiger charge is -2.70.